The first-order valence-corrected chi connectivity index (χ1v) is 8.81. The second-order valence-electron chi connectivity index (χ2n) is 5.51. The number of fused-ring (bicyclic) bond motifs is 1. The number of anilines is 1. The van der Waals surface area contributed by atoms with E-state index in [4.69, 9.17) is 11.6 Å². The van der Waals surface area contributed by atoms with Crippen LogP contribution in [0.15, 0.2) is 47.6 Å². The SMILES string of the molecule is Cc1cc(C)c(NC(=O)CSc2nncc3ccccc23)c(Cl)c1. The number of halogens is 1. The van der Waals surface area contributed by atoms with Crippen molar-refractivity contribution in [2.75, 3.05) is 11.1 Å². The third kappa shape index (κ3) is 3.68. The number of aryl methyl sites for hydroxylation is 2. The molecule has 0 atom stereocenters. The molecule has 4 nitrogen and oxygen atoms in total. The molecule has 0 unspecified atom stereocenters. The lowest BCUT2D eigenvalue weighted by Gasteiger charge is -2.11. The molecule has 24 heavy (non-hydrogen) atoms. The van der Waals surface area contributed by atoms with Gasteiger partial charge in [0.15, 0.2) is 0 Å². The molecule has 0 fully saturated rings. The number of carbonyl (C=O) groups excluding carboxylic acids is 1. The summed E-state index contributed by atoms with van der Waals surface area (Å²) in [6.45, 7) is 3.90. The summed E-state index contributed by atoms with van der Waals surface area (Å²) in [5.41, 5.74) is 2.68. The maximum atomic E-state index is 12.3. The van der Waals surface area contributed by atoms with Gasteiger partial charge < -0.3 is 5.32 Å². The third-order valence-corrected chi connectivity index (χ3v) is 4.85. The van der Waals surface area contributed by atoms with Crippen LogP contribution in [-0.2, 0) is 4.79 Å². The zero-order valence-electron chi connectivity index (χ0n) is 13.3. The van der Waals surface area contributed by atoms with Crippen LogP contribution in [0.5, 0.6) is 0 Å². The lowest BCUT2D eigenvalue weighted by atomic mass is 10.1. The van der Waals surface area contributed by atoms with E-state index in [-0.39, 0.29) is 11.7 Å². The molecule has 2 aromatic carbocycles. The van der Waals surface area contributed by atoms with Gasteiger partial charge in [0.05, 0.1) is 22.7 Å². The lowest BCUT2D eigenvalue weighted by Crippen LogP contribution is -2.15. The number of nitrogens with one attached hydrogen (secondary N) is 1. The molecular formula is C18H16ClN3OS. The average molecular weight is 358 g/mol. The molecule has 0 radical (unpaired) electrons. The third-order valence-electron chi connectivity index (χ3n) is 3.57. The number of thioether (sulfide) groups is 1. The molecule has 0 aliphatic heterocycles. The second-order valence-corrected chi connectivity index (χ2v) is 6.88. The minimum Gasteiger partial charge on any atom is -0.324 e. The van der Waals surface area contributed by atoms with Crippen molar-refractivity contribution in [2.24, 2.45) is 0 Å². The van der Waals surface area contributed by atoms with Gasteiger partial charge in [-0.05, 0) is 31.0 Å². The first kappa shape index (κ1) is 16.7. The first-order valence-electron chi connectivity index (χ1n) is 7.44. The summed E-state index contributed by atoms with van der Waals surface area (Å²) in [6.07, 6.45) is 1.72. The fourth-order valence-corrected chi connectivity index (χ4v) is 3.65. The van der Waals surface area contributed by atoms with E-state index in [0.717, 1.165) is 26.9 Å². The number of nitrogens with zero attached hydrogens (tertiary/aromatic N) is 2. The van der Waals surface area contributed by atoms with Gasteiger partial charge in [0.2, 0.25) is 5.91 Å². The highest BCUT2D eigenvalue weighted by atomic mass is 35.5. The van der Waals surface area contributed by atoms with E-state index in [2.05, 4.69) is 15.5 Å². The molecule has 0 saturated heterocycles. The Bertz CT molecular complexity index is 885. The van der Waals surface area contributed by atoms with Gasteiger partial charge in [-0.1, -0.05) is 53.7 Å². The van der Waals surface area contributed by atoms with Crippen LogP contribution >= 0.6 is 23.4 Å². The summed E-state index contributed by atoms with van der Waals surface area (Å²) >= 11 is 7.59. The van der Waals surface area contributed by atoms with Crippen LogP contribution in [0.25, 0.3) is 10.8 Å². The van der Waals surface area contributed by atoms with Crippen molar-refractivity contribution >= 4 is 45.7 Å². The zero-order valence-corrected chi connectivity index (χ0v) is 14.9. The van der Waals surface area contributed by atoms with Crippen molar-refractivity contribution in [3.05, 3.63) is 58.7 Å². The maximum absolute atomic E-state index is 12.3. The molecule has 0 aliphatic carbocycles. The van der Waals surface area contributed by atoms with Crippen LogP contribution < -0.4 is 5.32 Å². The minimum atomic E-state index is -0.122. The minimum absolute atomic E-state index is 0.122. The highest BCUT2D eigenvalue weighted by Crippen LogP contribution is 2.28. The van der Waals surface area contributed by atoms with Gasteiger partial charge in [0.1, 0.15) is 5.03 Å². The number of amides is 1. The number of hydrogen-bond donors (Lipinski definition) is 1. The average Bonchev–Trinajstić information content (AvgIpc) is 2.56. The number of carbonyl (C=O) groups is 1. The van der Waals surface area contributed by atoms with Crippen LogP contribution in [0.4, 0.5) is 5.69 Å². The van der Waals surface area contributed by atoms with Crippen LogP contribution in [0.2, 0.25) is 5.02 Å². The Balaban J connectivity index is 1.72. The Labute approximate surface area is 149 Å². The van der Waals surface area contributed by atoms with E-state index < -0.39 is 0 Å². The van der Waals surface area contributed by atoms with Crippen molar-refractivity contribution in [1.29, 1.82) is 0 Å². The summed E-state index contributed by atoms with van der Waals surface area (Å²) < 4.78 is 0. The standard InChI is InChI=1S/C18H16ClN3OS/c1-11-7-12(2)17(15(19)8-11)21-16(23)10-24-18-14-6-4-3-5-13(14)9-20-22-18/h3-9H,10H2,1-2H3,(H,21,23). The maximum Gasteiger partial charge on any atom is 0.234 e. The smallest absolute Gasteiger partial charge is 0.234 e. The molecule has 6 heteroatoms. The summed E-state index contributed by atoms with van der Waals surface area (Å²) in [5.74, 6) is 0.121. The van der Waals surface area contributed by atoms with E-state index in [1.54, 1.807) is 6.20 Å². The van der Waals surface area contributed by atoms with Gasteiger partial charge in [-0.25, -0.2) is 0 Å². The van der Waals surface area contributed by atoms with Gasteiger partial charge in [-0.15, -0.1) is 5.10 Å². The Hall–Kier alpha value is -2.11. The Kier molecular flexibility index (Phi) is 5.02. The van der Waals surface area contributed by atoms with E-state index in [1.165, 1.54) is 11.8 Å². The summed E-state index contributed by atoms with van der Waals surface area (Å²) in [6, 6.07) is 11.7. The molecule has 3 aromatic rings. The van der Waals surface area contributed by atoms with Crippen LogP contribution in [-0.4, -0.2) is 21.9 Å². The first-order chi connectivity index (χ1) is 11.5. The molecular weight excluding hydrogens is 342 g/mol. The fourth-order valence-electron chi connectivity index (χ4n) is 2.49. The fraction of sp³-hybridized carbons (Fsp3) is 0.167. The highest BCUT2D eigenvalue weighted by molar-refractivity contribution is 8.00. The lowest BCUT2D eigenvalue weighted by molar-refractivity contribution is -0.113. The predicted molar refractivity (Wildman–Crippen MR) is 99.8 cm³/mol. The molecule has 122 valence electrons. The van der Waals surface area contributed by atoms with E-state index in [0.29, 0.717) is 10.7 Å². The largest absolute Gasteiger partial charge is 0.324 e. The van der Waals surface area contributed by atoms with Crippen molar-refractivity contribution < 1.29 is 4.79 Å². The van der Waals surface area contributed by atoms with Crippen molar-refractivity contribution in [1.82, 2.24) is 10.2 Å². The van der Waals surface area contributed by atoms with Gasteiger partial charge in [-0.2, -0.15) is 5.10 Å². The topological polar surface area (TPSA) is 54.9 Å². The zero-order chi connectivity index (χ0) is 17.1. The molecule has 0 aliphatic rings. The number of rotatable bonds is 4. The highest BCUT2D eigenvalue weighted by Gasteiger charge is 2.11. The molecule has 0 bridgehead atoms. The van der Waals surface area contributed by atoms with Crippen molar-refractivity contribution in [2.45, 2.75) is 18.9 Å². The number of hydrogen-bond acceptors (Lipinski definition) is 4. The van der Waals surface area contributed by atoms with E-state index >= 15 is 0 Å². The second kappa shape index (κ2) is 7.20. The Morgan fingerprint density at radius 3 is 2.83 bits per heavy atom. The summed E-state index contributed by atoms with van der Waals surface area (Å²) in [7, 11) is 0. The van der Waals surface area contributed by atoms with Crippen LogP contribution in [0.1, 0.15) is 11.1 Å². The van der Waals surface area contributed by atoms with Crippen LogP contribution in [0.3, 0.4) is 0 Å². The van der Waals surface area contributed by atoms with Crippen LogP contribution in [0, 0.1) is 13.8 Å². The molecule has 0 spiro atoms. The monoisotopic (exact) mass is 357 g/mol. The molecule has 1 heterocycles. The molecule has 0 saturated carbocycles. The van der Waals surface area contributed by atoms with Gasteiger partial charge in [0, 0.05) is 10.8 Å². The molecule has 1 amide bonds. The van der Waals surface area contributed by atoms with E-state index in [1.807, 2.05) is 50.2 Å². The van der Waals surface area contributed by atoms with Gasteiger partial charge >= 0.3 is 0 Å². The summed E-state index contributed by atoms with van der Waals surface area (Å²) in [4.78, 5) is 12.3. The number of aromatic nitrogens is 2. The normalized spacial score (nSPS) is 10.8. The van der Waals surface area contributed by atoms with Gasteiger partial charge in [-0.3, -0.25) is 4.79 Å². The van der Waals surface area contributed by atoms with Crippen molar-refractivity contribution in [3.63, 3.8) is 0 Å². The number of benzene rings is 2. The molecule has 1 N–H and O–H groups in total. The van der Waals surface area contributed by atoms with Gasteiger partial charge in [0.25, 0.3) is 0 Å². The summed E-state index contributed by atoms with van der Waals surface area (Å²) in [5, 5.41) is 14.3. The Morgan fingerprint density at radius 2 is 2.04 bits per heavy atom. The molecule has 3 rings (SSSR count). The quantitative estimate of drug-likeness (QED) is 0.691. The molecule has 1 aromatic heterocycles. The predicted octanol–water partition coefficient (Wildman–Crippen LogP) is 4.63. The Morgan fingerprint density at radius 1 is 1.25 bits per heavy atom. The van der Waals surface area contributed by atoms with Crippen molar-refractivity contribution in [3.8, 4) is 0 Å². The van der Waals surface area contributed by atoms with E-state index in [9.17, 15) is 4.79 Å².